The summed E-state index contributed by atoms with van der Waals surface area (Å²) in [6.07, 6.45) is 0. The molecule has 0 bridgehead atoms. The van der Waals surface area contributed by atoms with E-state index in [4.69, 9.17) is 5.26 Å². The maximum Gasteiger partial charge on any atom is 0.252 e. The van der Waals surface area contributed by atoms with Crippen molar-refractivity contribution in [3.63, 3.8) is 0 Å². The highest BCUT2D eigenvalue weighted by atomic mass is 16.1. The van der Waals surface area contributed by atoms with E-state index in [1.807, 2.05) is 26.2 Å². The lowest BCUT2D eigenvalue weighted by Gasteiger charge is -2.26. The number of benzene rings is 2. The Morgan fingerprint density at radius 3 is 2.48 bits per heavy atom. The average molecular weight is 307 g/mol. The van der Waals surface area contributed by atoms with Crippen LogP contribution in [0.4, 0.5) is 0 Å². The molecule has 1 atom stereocenters. The second kappa shape index (κ2) is 7.57. The number of amides is 1. The first-order valence-electron chi connectivity index (χ1n) is 7.54. The van der Waals surface area contributed by atoms with Crippen molar-refractivity contribution in [1.29, 1.82) is 5.26 Å². The number of hydrogen-bond donors (Lipinski definition) is 1. The molecule has 2 aromatic carbocycles. The Hall–Kier alpha value is -2.64. The van der Waals surface area contributed by atoms with E-state index in [1.165, 1.54) is 11.1 Å². The van der Waals surface area contributed by atoms with E-state index in [1.54, 1.807) is 24.3 Å². The highest BCUT2D eigenvalue weighted by Crippen LogP contribution is 2.21. The van der Waals surface area contributed by atoms with Gasteiger partial charge in [-0.2, -0.15) is 5.26 Å². The second-order valence-corrected chi connectivity index (χ2v) is 5.70. The van der Waals surface area contributed by atoms with Crippen LogP contribution in [0.5, 0.6) is 0 Å². The van der Waals surface area contributed by atoms with Crippen LogP contribution in [0, 0.1) is 18.3 Å². The normalized spacial score (nSPS) is 11.8. The molecule has 4 heteroatoms. The third-order valence-corrected chi connectivity index (χ3v) is 3.92. The summed E-state index contributed by atoms with van der Waals surface area (Å²) in [5.74, 6) is -0.220. The van der Waals surface area contributed by atoms with Gasteiger partial charge < -0.3 is 10.2 Å². The predicted molar refractivity (Wildman–Crippen MR) is 91.1 cm³/mol. The monoisotopic (exact) mass is 307 g/mol. The van der Waals surface area contributed by atoms with Crippen LogP contribution in [0.1, 0.15) is 33.1 Å². The molecule has 0 aliphatic carbocycles. The molecule has 2 rings (SSSR count). The standard InChI is InChI=1S/C19H21N3O/c1-14-8-4-6-10-16(14)18(22(2)3)13-21-19(23)17-11-7-5-9-15(17)12-20/h4-11,18H,13H2,1-3H3,(H,21,23)/t18-/m1/s1. The van der Waals surface area contributed by atoms with E-state index in [0.29, 0.717) is 17.7 Å². The number of aryl methyl sites for hydroxylation is 1. The van der Waals surface area contributed by atoms with Crippen LogP contribution in [0.15, 0.2) is 48.5 Å². The quantitative estimate of drug-likeness (QED) is 0.924. The Labute approximate surface area is 137 Å². The highest BCUT2D eigenvalue weighted by molar-refractivity contribution is 5.96. The van der Waals surface area contributed by atoms with Gasteiger partial charge in [-0.25, -0.2) is 0 Å². The Balaban J connectivity index is 2.15. The molecule has 0 aliphatic heterocycles. The van der Waals surface area contributed by atoms with Crippen molar-refractivity contribution in [2.75, 3.05) is 20.6 Å². The zero-order chi connectivity index (χ0) is 16.8. The molecular formula is C19H21N3O. The lowest BCUT2D eigenvalue weighted by Crippen LogP contribution is -2.35. The van der Waals surface area contributed by atoms with Gasteiger partial charge in [0.2, 0.25) is 0 Å². The summed E-state index contributed by atoms with van der Waals surface area (Å²) in [4.78, 5) is 14.5. The van der Waals surface area contributed by atoms with Gasteiger partial charge in [0.25, 0.3) is 5.91 Å². The van der Waals surface area contributed by atoms with E-state index in [9.17, 15) is 4.79 Å². The van der Waals surface area contributed by atoms with Gasteiger partial charge in [-0.3, -0.25) is 4.79 Å². The molecule has 0 fully saturated rings. The lowest BCUT2D eigenvalue weighted by atomic mass is 10.00. The third-order valence-electron chi connectivity index (χ3n) is 3.92. The molecule has 2 aromatic rings. The number of rotatable bonds is 5. The Morgan fingerprint density at radius 1 is 1.17 bits per heavy atom. The summed E-state index contributed by atoms with van der Waals surface area (Å²) in [6, 6.07) is 17.1. The van der Waals surface area contributed by atoms with Crippen molar-refractivity contribution >= 4 is 5.91 Å². The first-order valence-corrected chi connectivity index (χ1v) is 7.54. The molecule has 0 unspecified atom stereocenters. The van der Waals surface area contributed by atoms with Crippen LogP contribution in [-0.4, -0.2) is 31.4 Å². The molecule has 118 valence electrons. The van der Waals surface area contributed by atoms with Crippen molar-refractivity contribution in [2.45, 2.75) is 13.0 Å². The number of nitrogens with zero attached hydrogens (tertiary/aromatic N) is 2. The number of nitriles is 1. The fourth-order valence-electron chi connectivity index (χ4n) is 2.59. The number of nitrogens with one attached hydrogen (secondary N) is 1. The van der Waals surface area contributed by atoms with Gasteiger partial charge in [0.15, 0.2) is 0 Å². The molecular weight excluding hydrogens is 286 g/mol. The van der Waals surface area contributed by atoms with Crippen molar-refractivity contribution in [2.24, 2.45) is 0 Å². The van der Waals surface area contributed by atoms with Crippen molar-refractivity contribution < 1.29 is 4.79 Å². The Kier molecular flexibility index (Phi) is 5.51. The van der Waals surface area contributed by atoms with E-state index in [0.717, 1.165) is 0 Å². The average Bonchev–Trinajstić information content (AvgIpc) is 2.56. The van der Waals surface area contributed by atoms with E-state index >= 15 is 0 Å². The van der Waals surface area contributed by atoms with Crippen LogP contribution in [-0.2, 0) is 0 Å². The molecule has 4 nitrogen and oxygen atoms in total. The number of hydrogen-bond acceptors (Lipinski definition) is 3. The summed E-state index contributed by atoms with van der Waals surface area (Å²) < 4.78 is 0. The fraction of sp³-hybridized carbons (Fsp3) is 0.263. The summed E-state index contributed by atoms with van der Waals surface area (Å²) in [5, 5.41) is 12.1. The summed E-state index contributed by atoms with van der Waals surface area (Å²) in [6.45, 7) is 2.55. The van der Waals surface area contributed by atoms with Crippen molar-refractivity contribution in [1.82, 2.24) is 10.2 Å². The topological polar surface area (TPSA) is 56.1 Å². The first kappa shape index (κ1) is 16.7. The minimum absolute atomic E-state index is 0.0781. The minimum Gasteiger partial charge on any atom is -0.350 e. The second-order valence-electron chi connectivity index (χ2n) is 5.70. The molecule has 0 saturated carbocycles. The van der Waals surface area contributed by atoms with Crippen LogP contribution >= 0.6 is 0 Å². The molecule has 0 heterocycles. The Bertz CT molecular complexity index is 731. The minimum atomic E-state index is -0.220. The summed E-state index contributed by atoms with van der Waals surface area (Å²) >= 11 is 0. The lowest BCUT2D eigenvalue weighted by molar-refractivity contribution is 0.0941. The zero-order valence-electron chi connectivity index (χ0n) is 13.7. The molecule has 0 spiro atoms. The van der Waals surface area contributed by atoms with Gasteiger partial charge in [-0.15, -0.1) is 0 Å². The van der Waals surface area contributed by atoms with E-state index in [2.05, 4.69) is 35.3 Å². The number of carbonyl (C=O) groups excluding carboxylic acids is 1. The molecule has 0 aromatic heterocycles. The smallest absolute Gasteiger partial charge is 0.252 e. The molecule has 0 saturated heterocycles. The van der Waals surface area contributed by atoms with Crippen molar-refractivity contribution in [3.8, 4) is 6.07 Å². The molecule has 1 N–H and O–H groups in total. The van der Waals surface area contributed by atoms with Gasteiger partial charge in [0.1, 0.15) is 0 Å². The number of likely N-dealkylation sites (N-methyl/N-ethyl adjacent to an activating group) is 1. The van der Waals surface area contributed by atoms with Crippen LogP contribution in [0.2, 0.25) is 0 Å². The summed E-state index contributed by atoms with van der Waals surface area (Å²) in [5.41, 5.74) is 3.18. The molecule has 1 amide bonds. The largest absolute Gasteiger partial charge is 0.350 e. The van der Waals surface area contributed by atoms with Gasteiger partial charge >= 0.3 is 0 Å². The first-order chi connectivity index (χ1) is 11.0. The maximum absolute atomic E-state index is 12.4. The SMILES string of the molecule is Cc1ccccc1[C@@H](CNC(=O)c1ccccc1C#N)N(C)C. The van der Waals surface area contributed by atoms with Gasteiger partial charge in [-0.05, 0) is 44.3 Å². The predicted octanol–water partition coefficient (Wildman–Crippen LogP) is 2.90. The summed E-state index contributed by atoms with van der Waals surface area (Å²) in [7, 11) is 3.99. The van der Waals surface area contributed by atoms with E-state index in [-0.39, 0.29) is 11.9 Å². The molecule has 23 heavy (non-hydrogen) atoms. The van der Waals surface area contributed by atoms with E-state index < -0.39 is 0 Å². The van der Waals surface area contributed by atoms with Gasteiger partial charge in [0.05, 0.1) is 23.2 Å². The van der Waals surface area contributed by atoms with Gasteiger partial charge in [0, 0.05) is 6.54 Å². The molecule has 0 aliphatic rings. The van der Waals surface area contributed by atoms with Crippen LogP contribution in [0.3, 0.4) is 0 Å². The van der Waals surface area contributed by atoms with Gasteiger partial charge in [-0.1, -0.05) is 36.4 Å². The highest BCUT2D eigenvalue weighted by Gasteiger charge is 2.18. The maximum atomic E-state index is 12.4. The van der Waals surface area contributed by atoms with Crippen molar-refractivity contribution in [3.05, 3.63) is 70.8 Å². The Morgan fingerprint density at radius 2 is 1.83 bits per heavy atom. The van der Waals surface area contributed by atoms with Crippen LogP contribution in [0.25, 0.3) is 0 Å². The molecule has 0 radical (unpaired) electrons. The third kappa shape index (κ3) is 3.97. The zero-order valence-corrected chi connectivity index (χ0v) is 13.7. The van der Waals surface area contributed by atoms with Crippen LogP contribution < -0.4 is 5.32 Å². The number of carbonyl (C=O) groups is 1. The fourth-order valence-corrected chi connectivity index (χ4v) is 2.59.